The van der Waals surface area contributed by atoms with E-state index in [-0.39, 0.29) is 11.9 Å². The summed E-state index contributed by atoms with van der Waals surface area (Å²) in [7, 11) is 0. The highest BCUT2D eigenvalue weighted by molar-refractivity contribution is 5.94. The Balaban J connectivity index is 1.52. The summed E-state index contributed by atoms with van der Waals surface area (Å²) < 4.78 is 5.78. The molecule has 1 N–H and O–H groups in total. The Kier molecular flexibility index (Phi) is 6.26. The number of carbonyl (C=O) groups excluding carboxylic acids is 1. The van der Waals surface area contributed by atoms with Gasteiger partial charge in [0.05, 0.1) is 6.04 Å². The molecule has 1 heterocycles. The number of likely N-dealkylation sites (N-methyl/N-ethyl adjacent to an activating group) is 1. The quantitative estimate of drug-likeness (QED) is 0.864. The maximum atomic E-state index is 12.5. The Labute approximate surface area is 155 Å². The van der Waals surface area contributed by atoms with Gasteiger partial charge in [0.25, 0.3) is 0 Å². The number of nitrogens with zero attached hydrogens (tertiary/aromatic N) is 2. The molecule has 1 fully saturated rings. The van der Waals surface area contributed by atoms with E-state index in [0.29, 0.717) is 0 Å². The van der Waals surface area contributed by atoms with Crippen LogP contribution in [0.4, 0.5) is 5.69 Å². The van der Waals surface area contributed by atoms with Gasteiger partial charge in [0.2, 0.25) is 5.91 Å². The predicted octanol–water partition coefficient (Wildman–Crippen LogP) is 3.44. The SMILES string of the molecule is CCN1CCN(C(C)C(=O)Nc2ccc(Oc3ccccc3)cc2)CC1. The highest BCUT2D eigenvalue weighted by atomic mass is 16.5. The minimum Gasteiger partial charge on any atom is -0.457 e. The fraction of sp³-hybridized carbons (Fsp3) is 0.381. The standard InChI is InChI=1S/C21H27N3O2/c1-3-23-13-15-24(16-14-23)17(2)21(25)22-18-9-11-20(12-10-18)26-19-7-5-4-6-8-19/h4-12,17H,3,13-16H2,1-2H3,(H,22,25). The minimum absolute atomic E-state index is 0.0340. The van der Waals surface area contributed by atoms with Gasteiger partial charge in [-0.2, -0.15) is 0 Å². The highest BCUT2D eigenvalue weighted by Gasteiger charge is 2.24. The molecule has 138 valence electrons. The summed E-state index contributed by atoms with van der Waals surface area (Å²) in [4.78, 5) is 17.2. The van der Waals surface area contributed by atoms with Crippen LogP contribution >= 0.6 is 0 Å². The van der Waals surface area contributed by atoms with Crippen LogP contribution in [0.1, 0.15) is 13.8 Å². The average molecular weight is 353 g/mol. The Bertz CT molecular complexity index is 695. The third-order valence-corrected chi connectivity index (χ3v) is 4.88. The van der Waals surface area contributed by atoms with E-state index in [0.717, 1.165) is 49.9 Å². The van der Waals surface area contributed by atoms with Crippen molar-refractivity contribution in [3.63, 3.8) is 0 Å². The minimum atomic E-state index is -0.130. The van der Waals surface area contributed by atoms with Gasteiger partial charge in [0.15, 0.2) is 0 Å². The number of piperazine rings is 1. The third kappa shape index (κ3) is 4.84. The van der Waals surface area contributed by atoms with Crippen LogP contribution in [0.2, 0.25) is 0 Å². The normalized spacial score (nSPS) is 16.8. The van der Waals surface area contributed by atoms with Gasteiger partial charge in [-0.15, -0.1) is 0 Å². The van der Waals surface area contributed by atoms with Crippen LogP contribution in [0, 0.1) is 0 Å². The number of carbonyl (C=O) groups is 1. The molecular weight excluding hydrogens is 326 g/mol. The van der Waals surface area contributed by atoms with Crippen LogP contribution < -0.4 is 10.1 Å². The fourth-order valence-corrected chi connectivity index (χ4v) is 3.11. The van der Waals surface area contributed by atoms with E-state index in [4.69, 9.17) is 4.74 Å². The number of ether oxygens (including phenoxy) is 1. The summed E-state index contributed by atoms with van der Waals surface area (Å²) in [5.74, 6) is 1.58. The molecule has 1 atom stereocenters. The van der Waals surface area contributed by atoms with Gasteiger partial charge < -0.3 is 15.0 Å². The first-order chi connectivity index (χ1) is 12.7. The number of amides is 1. The zero-order valence-corrected chi connectivity index (χ0v) is 15.5. The van der Waals surface area contributed by atoms with Crippen LogP contribution in [0.15, 0.2) is 54.6 Å². The van der Waals surface area contributed by atoms with Gasteiger partial charge in [0, 0.05) is 31.9 Å². The first-order valence-electron chi connectivity index (χ1n) is 9.26. The topological polar surface area (TPSA) is 44.8 Å². The summed E-state index contributed by atoms with van der Waals surface area (Å²) >= 11 is 0. The van der Waals surface area contributed by atoms with E-state index >= 15 is 0 Å². The molecule has 1 amide bonds. The smallest absolute Gasteiger partial charge is 0.241 e. The number of hydrogen-bond acceptors (Lipinski definition) is 4. The van der Waals surface area contributed by atoms with Crippen LogP contribution in [0.5, 0.6) is 11.5 Å². The number of benzene rings is 2. The van der Waals surface area contributed by atoms with Crippen LogP contribution in [-0.4, -0.2) is 54.5 Å². The second-order valence-electron chi connectivity index (χ2n) is 6.57. The molecule has 1 aliphatic rings. The second-order valence-corrected chi connectivity index (χ2v) is 6.57. The Morgan fingerprint density at radius 3 is 2.23 bits per heavy atom. The maximum absolute atomic E-state index is 12.5. The van der Waals surface area contributed by atoms with Gasteiger partial charge in [0.1, 0.15) is 11.5 Å². The maximum Gasteiger partial charge on any atom is 0.241 e. The fourth-order valence-electron chi connectivity index (χ4n) is 3.11. The molecule has 0 saturated carbocycles. The van der Waals surface area contributed by atoms with Crippen molar-refractivity contribution in [1.29, 1.82) is 0 Å². The molecule has 0 aromatic heterocycles. The van der Waals surface area contributed by atoms with E-state index in [2.05, 4.69) is 22.0 Å². The molecular formula is C21H27N3O2. The van der Waals surface area contributed by atoms with Gasteiger partial charge in [-0.25, -0.2) is 0 Å². The highest BCUT2D eigenvalue weighted by Crippen LogP contribution is 2.22. The molecule has 5 heteroatoms. The van der Waals surface area contributed by atoms with Crippen LogP contribution in [0.25, 0.3) is 0 Å². The van der Waals surface area contributed by atoms with Crippen molar-refractivity contribution in [2.75, 3.05) is 38.0 Å². The number of hydrogen-bond donors (Lipinski definition) is 1. The van der Waals surface area contributed by atoms with Crippen LogP contribution in [-0.2, 0) is 4.79 Å². The van der Waals surface area contributed by atoms with Crippen molar-refractivity contribution in [1.82, 2.24) is 9.80 Å². The molecule has 0 radical (unpaired) electrons. The van der Waals surface area contributed by atoms with Crippen molar-refractivity contribution < 1.29 is 9.53 Å². The molecule has 0 bridgehead atoms. The lowest BCUT2D eigenvalue weighted by Gasteiger charge is -2.36. The summed E-state index contributed by atoms with van der Waals surface area (Å²) in [5.41, 5.74) is 0.787. The van der Waals surface area contributed by atoms with Crippen molar-refractivity contribution in [2.45, 2.75) is 19.9 Å². The first-order valence-corrected chi connectivity index (χ1v) is 9.26. The van der Waals surface area contributed by atoms with Crippen molar-refractivity contribution >= 4 is 11.6 Å². The molecule has 2 aromatic rings. The molecule has 26 heavy (non-hydrogen) atoms. The van der Waals surface area contributed by atoms with Gasteiger partial charge >= 0.3 is 0 Å². The lowest BCUT2D eigenvalue weighted by molar-refractivity contribution is -0.121. The van der Waals surface area contributed by atoms with E-state index in [9.17, 15) is 4.79 Å². The molecule has 3 rings (SSSR count). The zero-order valence-electron chi connectivity index (χ0n) is 15.5. The van der Waals surface area contributed by atoms with E-state index < -0.39 is 0 Å². The molecule has 0 spiro atoms. The lowest BCUT2D eigenvalue weighted by Crippen LogP contribution is -2.52. The summed E-state index contributed by atoms with van der Waals surface area (Å²) in [5, 5.41) is 3.01. The molecule has 1 aliphatic heterocycles. The van der Waals surface area contributed by atoms with E-state index in [1.807, 2.05) is 61.5 Å². The monoisotopic (exact) mass is 353 g/mol. The second kappa shape index (κ2) is 8.83. The molecule has 0 aliphatic carbocycles. The molecule has 1 saturated heterocycles. The number of anilines is 1. The zero-order chi connectivity index (χ0) is 18.4. The average Bonchev–Trinajstić information content (AvgIpc) is 2.70. The van der Waals surface area contributed by atoms with Gasteiger partial charge in [-0.1, -0.05) is 25.1 Å². The molecule has 2 aromatic carbocycles. The van der Waals surface area contributed by atoms with E-state index in [1.54, 1.807) is 0 Å². The van der Waals surface area contributed by atoms with Crippen molar-refractivity contribution in [2.24, 2.45) is 0 Å². The Morgan fingerprint density at radius 1 is 1.00 bits per heavy atom. The van der Waals surface area contributed by atoms with Crippen molar-refractivity contribution in [3.8, 4) is 11.5 Å². The number of nitrogens with one attached hydrogen (secondary N) is 1. The summed E-state index contributed by atoms with van der Waals surface area (Å²) in [6.07, 6.45) is 0. The molecule has 5 nitrogen and oxygen atoms in total. The summed E-state index contributed by atoms with van der Waals surface area (Å²) in [6, 6.07) is 17.0. The number of para-hydroxylation sites is 1. The lowest BCUT2D eigenvalue weighted by atomic mass is 10.2. The van der Waals surface area contributed by atoms with Crippen LogP contribution in [0.3, 0.4) is 0 Å². The van der Waals surface area contributed by atoms with Gasteiger partial charge in [-0.3, -0.25) is 9.69 Å². The first kappa shape index (κ1) is 18.4. The number of rotatable bonds is 6. The third-order valence-electron chi connectivity index (χ3n) is 4.88. The Hall–Kier alpha value is -2.37. The predicted molar refractivity (Wildman–Crippen MR) is 105 cm³/mol. The Morgan fingerprint density at radius 2 is 1.62 bits per heavy atom. The van der Waals surface area contributed by atoms with Gasteiger partial charge in [-0.05, 0) is 49.9 Å². The molecule has 1 unspecified atom stereocenters. The van der Waals surface area contributed by atoms with Crippen molar-refractivity contribution in [3.05, 3.63) is 54.6 Å². The largest absolute Gasteiger partial charge is 0.457 e. The summed E-state index contributed by atoms with van der Waals surface area (Å²) in [6.45, 7) is 9.16. The van der Waals surface area contributed by atoms with E-state index in [1.165, 1.54) is 0 Å².